The molecule has 0 aliphatic carbocycles. The number of carbonyl (C=O) groups excluding carboxylic acids is 1. The van der Waals surface area contributed by atoms with Crippen molar-refractivity contribution in [2.45, 2.75) is 19.8 Å². The Morgan fingerprint density at radius 3 is 2.80 bits per heavy atom. The molecular formula is C7H15NO2. The van der Waals surface area contributed by atoms with E-state index in [0.29, 0.717) is 19.6 Å². The summed E-state index contributed by atoms with van der Waals surface area (Å²) in [7, 11) is 0. The Labute approximate surface area is 61.5 Å². The fourth-order valence-electron chi connectivity index (χ4n) is 0.563. The van der Waals surface area contributed by atoms with E-state index in [9.17, 15) is 4.79 Å². The Kier molecular flexibility index (Phi) is 6.43. The predicted molar refractivity (Wildman–Crippen MR) is 39.8 cm³/mol. The summed E-state index contributed by atoms with van der Waals surface area (Å²) in [5.41, 5.74) is 5.16. The van der Waals surface area contributed by atoms with Crippen molar-refractivity contribution in [1.82, 2.24) is 0 Å². The van der Waals surface area contributed by atoms with Gasteiger partial charge in [-0.1, -0.05) is 6.92 Å². The van der Waals surface area contributed by atoms with Crippen LogP contribution in [0.15, 0.2) is 0 Å². The van der Waals surface area contributed by atoms with Crippen LogP contribution in [0.4, 0.5) is 0 Å². The standard InChI is InChI=1S/C7H15NO2/c1-2-5-10-6-7(9)3-4-8/h2-6,8H2,1H3. The molecule has 60 valence electrons. The molecule has 0 atom stereocenters. The number of Topliss-reactive ketones (excluding diaryl/α,β-unsaturated/α-hetero) is 1. The summed E-state index contributed by atoms with van der Waals surface area (Å²) in [6.45, 7) is 3.32. The predicted octanol–water partition coefficient (Wildman–Crippen LogP) is 0.331. The van der Waals surface area contributed by atoms with Gasteiger partial charge < -0.3 is 10.5 Å². The van der Waals surface area contributed by atoms with E-state index >= 15 is 0 Å². The number of rotatable bonds is 6. The van der Waals surface area contributed by atoms with Gasteiger partial charge in [0, 0.05) is 13.0 Å². The van der Waals surface area contributed by atoms with Crippen LogP contribution in [0.25, 0.3) is 0 Å². The molecule has 0 heterocycles. The Bertz CT molecular complexity index is 93.6. The fraction of sp³-hybridized carbons (Fsp3) is 0.857. The van der Waals surface area contributed by atoms with Gasteiger partial charge in [0.15, 0.2) is 5.78 Å². The van der Waals surface area contributed by atoms with Crippen LogP contribution in [0.1, 0.15) is 19.8 Å². The lowest BCUT2D eigenvalue weighted by Gasteiger charge is -1.99. The number of carbonyl (C=O) groups is 1. The summed E-state index contributed by atoms with van der Waals surface area (Å²) in [4.78, 5) is 10.7. The quantitative estimate of drug-likeness (QED) is 0.548. The maximum Gasteiger partial charge on any atom is 0.159 e. The van der Waals surface area contributed by atoms with Crippen LogP contribution in [-0.2, 0) is 9.53 Å². The number of ether oxygens (including phenoxy) is 1. The summed E-state index contributed by atoms with van der Waals surface area (Å²) in [6.07, 6.45) is 1.39. The normalized spacial score (nSPS) is 9.80. The third-order valence-corrected chi connectivity index (χ3v) is 1.03. The van der Waals surface area contributed by atoms with Crippen molar-refractivity contribution < 1.29 is 9.53 Å². The number of hydrogen-bond acceptors (Lipinski definition) is 3. The van der Waals surface area contributed by atoms with Gasteiger partial charge in [-0.15, -0.1) is 0 Å². The van der Waals surface area contributed by atoms with Gasteiger partial charge in [0.1, 0.15) is 6.61 Å². The summed E-state index contributed by atoms with van der Waals surface area (Å²) < 4.78 is 4.99. The lowest BCUT2D eigenvalue weighted by molar-refractivity contribution is -0.123. The molecule has 2 N–H and O–H groups in total. The minimum Gasteiger partial charge on any atom is -0.374 e. The first-order valence-electron chi connectivity index (χ1n) is 3.60. The van der Waals surface area contributed by atoms with Crippen LogP contribution < -0.4 is 5.73 Å². The molecule has 0 saturated carbocycles. The van der Waals surface area contributed by atoms with Crippen molar-refractivity contribution in [3.63, 3.8) is 0 Å². The van der Waals surface area contributed by atoms with Gasteiger partial charge in [-0.2, -0.15) is 0 Å². The van der Waals surface area contributed by atoms with E-state index in [-0.39, 0.29) is 12.4 Å². The van der Waals surface area contributed by atoms with E-state index in [2.05, 4.69) is 0 Å². The van der Waals surface area contributed by atoms with Crippen molar-refractivity contribution in [3.05, 3.63) is 0 Å². The maximum atomic E-state index is 10.7. The van der Waals surface area contributed by atoms with Gasteiger partial charge in [0.2, 0.25) is 0 Å². The van der Waals surface area contributed by atoms with Crippen LogP contribution in [0, 0.1) is 0 Å². The molecule has 0 amide bonds. The fourth-order valence-corrected chi connectivity index (χ4v) is 0.563. The maximum absolute atomic E-state index is 10.7. The minimum atomic E-state index is 0.0935. The van der Waals surface area contributed by atoms with Crippen LogP contribution in [0.5, 0.6) is 0 Å². The summed E-state index contributed by atoms with van der Waals surface area (Å²) in [5.74, 6) is 0.0935. The molecule has 0 aromatic rings. The third kappa shape index (κ3) is 5.72. The van der Waals surface area contributed by atoms with Gasteiger partial charge in [-0.3, -0.25) is 4.79 Å². The molecule has 0 aromatic heterocycles. The van der Waals surface area contributed by atoms with Gasteiger partial charge >= 0.3 is 0 Å². The molecule has 10 heavy (non-hydrogen) atoms. The molecule has 3 nitrogen and oxygen atoms in total. The van der Waals surface area contributed by atoms with Crippen molar-refractivity contribution in [2.24, 2.45) is 5.73 Å². The number of hydrogen-bond donors (Lipinski definition) is 1. The smallest absolute Gasteiger partial charge is 0.159 e. The lowest BCUT2D eigenvalue weighted by atomic mass is 10.3. The summed E-state index contributed by atoms with van der Waals surface area (Å²) in [6, 6.07) is 0. The van der Waals surface area contributed by atoms with Gasteiger partial charge in [-0.05, 0) is 13.0 Å². The number of nitrogens with two attached hydrogens (primary N) is 1. The van der Waals surface area contributed by atoms with Crippen molar-refractivity contribution in [2.75, 3.05) is 19.8 Å². The second-order valence-corrected chi connectivity index (χ2v) is 2.13. The highest BCUT2D eigenvalue weighted by Crippen LogP contribution is 1.84. The topological polar surface area (TPSA) is 52.3 Å². The zero-order chi connectivity index (χ0) is 7.82. The highest BCUT2D eigenvalue weighted by Gasteiger charge is 1.97. The largest absolute Gasteiger partial charge is 0.374 e. The second-order valence-electron chi connectivity index (χ2n) is 2.13. The van der Waals surface area contributed by atoms with Crippen LogP contribution >= 0.6 is 0 Å². The molecule has 0 aliphatic rings. The molecular weight excluding hydrogens is 130 g/mol. The molecule has 0 spiro atoms. The average molecular weight is 145 g/mol. The number of ketones is 1. The van der Waals surface area contributed by atoms with Crippen molar-refractivity contribution in [3.8, 4) is 0 Å². The Hall–Kier alpha value is -0.410. The van der Waals surface area contributed by atoms with Gasteiger partial charge in [0.05, 0.1) is 0 Å². The molecule has 0 fully saturated rings. The van der Waals surface area contributed by atoms with Crippen LogP contribution in [0.2, 0.25) is 0 Å². The van der Waals surface area contributed by atoms with E-state index in [0.717, 1.165) is 6.42 Å². The molecule has 3 heteroatoms. The summed E-state index contributed by atoms with van der Waals surface area (Å²) >= 11 is 0. The van der Waals surface area contributed by atoms with E-state index in [1.165, 1.54) is 0 Å². The second kappa shape index (κ2) is 6.71. The summed E-state index contributed by atoms with van der Waals surface area (Å²) in [5, 5.41) is 0. The molecule has 0 aliphatic heterocycles. The Morgan fingerprint density at radius 1 is 1.60 bits per heavy atom. The van der Waals surface area contributed by atoms with Gasteiger partial charge in [0.25, 0.3) is 0 Å². The minimum absolute atomic E-state index is 0.0935. The van der Waals surface area contributed by atoms with E-state index in [4.69, 9.17) is 10.5 Å². The van der Waals surface area contributed by atoms with Crippen molar-refractivity contribution >= 4 is 5.78 Å². The first-order chi connectivity index (χ1) is 4.81. The first kappa shape index (κ1) is 9.59. The van der Waals surface area contributed by atoms with Crippen LogP contribution in [-0.4, -0.2) is 25.5 Å². The van der Waals surface area contributed by atoms with E-state index in [1.807, 2.05) is 6.92 Å². The highest BCUT2D eigenvalue weighted by atomic mass is 16.5. The monoisotopic (exact) mass is 145 g/mol. The van der Waals surface area contributed by atoms with Crippen LogP contribution in [0.3, 0.4) is 0 Å². The molecule has 0 bridgehead atoms. The molecule has 0 radical (unpaired) electrons. The zero-order valence-electron chi connectivity index (χ0n) is 6.43. The Balaban J connectivity index is 3.05. The zero-order valence-corrected chi connectivity index (χ0v) is 6.43. The molecule has 0 rings (SSSR count). The molecule has 0 unspecified atom stereocenters. The first-order valence-corrected chi connectivity index (χ1v) is 3.60. The average Bonchev–Trinajstić information content (AvgIpc) is 1.89. The van der Waals surface area contributed by atoms with E-state index < -0.39 is 0 Å². The van der Waals surface area contributed by atoms with Gasteiger partial charge in [-0.25, -0.2) is 0 Å². The highest BCUT2D eigenvalue weighted by molar-refractivity contribution is 5.79. The molecule has 0 aromatic carbocycles. The van der Waals surface area contributed by atoms with Crippen molar-refractivity contribution in [1.29, 1.82) is 0 Å². The lowest BCUT2D eigenvalue weighted by Crippen LogP contribution is -2.13. The third-order valence-electron chi connectivity index (χ3n) is 1.03. The Morgan fingerprint density at radius 2 is 2.30 bits per heavy atom. The SMILES string of the molecule is CCCOCC(=O)CCN. The van der Waals surface area contributed by atoms with E-state index in [1.54, 1.807) is 0 Å². The molecule has 0 saturated heterocycles.